The van der Waals surface area contributed by atoms with E-state index in [1.165, 1.54) is 12.1 Å². The highest BCUT2D eigenvalue weighted by Crippen LogP contribution is 2.30. The SMILES string of the molecule is Cc1ccc(Cl)cc1C(Cl)Cc1ccc(F)cc1F. The van der Waals surface area contributed by atoms with Gasteiger partial charge in [0.05, 0.1) is 5.38 Å². The second-order valence-corrected chi connectivity index (χ2v) is 5.37. The molecule has 2 aromatic rings. The number of rotatable bonds is 3. The van der Waals surface area contributed by atoms with Crippen molar-refractivity contribution in [2.75, 3.05) is 0 Å². The van der Waals surface area contributed by atoms with Crippen LogP contribution in [0.5, 0.6) is 0 Å². The topological polar surface area (TPSA) is 0 Å². The summed E-state index contributed by atoms with van der Waals surface area (Å²) in [7, 11) is 0. The zero-order chi connectivity index (χ0) is 14.0. The van der Waals surface area contributed by atoms with Gasteiger partial charge in [-0.25, -0.2) is 8.78 Å². The molecule has 0 amide bonds. The molecular weight excluding hydrogens is 289 g/mol. The van der Waals surface area contributed by atoms with Gasteiger partial charge in [-0.05, 0) is 48.2 Å². The molecule has 0 aliphatic carbocycles. The van der Waals surface area contributed by atoms with Crippen LogP contribution < -0.4 is 0 Å². The van der Waals surface area contributed by atoms with Gasteiger partial charge >= 0.3 is 0 Å². The molecule has 0 bridgehead atoms. The van der Waals surface area contributed by atoms with Crippen LogP contribution in [-0.4, -0.2) is 0 Å². The first-order valence-corrected chi connectivity index (χ1v) is 6.63. The van der Waals surface area contributed by atoms with Gasteiger partial charge in [-0.1, -0.05) is 23.7 Å². The van der Waals surface area contributed by atoms with Gasteiger partial charge in [-0.2, -0.15) is 0 Å². The predicted molar refractivity (Wildman–Crippen MR) is 74.8 cm³/mol. The van der Waals surface area contributed by atoms with Gasteiger partial charge in [0, 0.05) is 11.1 Å². The molecule has 0 aliphatic heterocycles. The summed E-state index contributed by atoms with van der Waals surface area (Å²) >= 11 is 12.2. The van der Waals surface area contributed by atoms with Crippen LogP contribution >= 0.6 is 23.2 Å². The highest BCUT2D eigenvalue weighted by atomic mass is 35.5. The van der Waals surface area contributed by atoms with Crippen molar-refractivity contribution in [1.82, 2.24) is 0 Å². The average Bonchev–Trinajstić information content (AvgIpc) is 2.35. The molecule has 0 nitrogen and oxygen atoms in total. The van der Waals surface area contributed by atoms with Crippen LogP contribution in [0.3, 0.4) is 0 Å². The first kappa shape index (κ1) is 14.3. The van der Waals surface area contributed by atoms with Gasteiger partial charge < -0.3 is 0 Å². The van der Waals surface area contributed by atoms with Crippen molar-refractivity contribution in [1.29, 1.82) is 0 Å². The highest BCUT2D eigenvalue weighted by molar-refractivity contribution is 6.30. The lowest BCUT2D eigenvalue weighted by molar-refractivity contribution is 0.570. The molecule has 0 aromatic heterocycles. The lowest BCUT2D eigenvalue weighted by atomic mass is 10.00. The van der Waals surface area contributed by atoms with Gasteiger partial charge in [0.15, 0.2) is 0 Å². The van der Waals surface area contributed by atoms with E-state index in [0.29, 0.717) is 10.6 Å². The molecule has 4 heteroatoms. The van der Waals surface area contributed by atoms with Crippen LogP contribution in [0.15, 0.2) is 36.4 Å². The molecule has 2 rings (SSSR count). The third-order valence-corrected chi connectivity index (χ3v) is 3.62. The molecule has 0 spiro atoms. The monoisotopic (exact) mass is 300 g/mol. The number of aryl methyl sites for hydroxylation is 1. The van der Waals surface area contributed by atoms with Crippen LogP contribution in [-0.2, 0) is 6.42 Å². The normalized spacial score (nSPS) is 12.5. The number of hydrogen-bond donors (Lipinski definition) is 0. The Morgan fingerprint density at radius 3 is 2.53 bits per heavy atom. The maximum atomic E-state index is 13.6. The first-order valence-electron chi connectivity index (χ1n) is 5.81. The van der Waals surface area contributed by atoms with Crippen molar-refractivity contribution in [2.24, 2.45) is 0 Å². The van der Waals surface area contributed by atoms with Gasteiger partial charge in [-0.3, -0.25) is 0 Å². The maximum Gasteiger partial charge on any atom is 0.129 e. The van der Waals surface area contributed by atoms with Gasteiger partial charge in [0.25, 0.3) is 0 Å². The smallest absolute Gasteiger partial charge is 0.129 e. The minimum atomic E-state index is -0.591. The van der Waals surface area contributed by atoms with E-state index in [1.807, 2.05) is 13.0 Å². The largest absolute Gasteiger partial charge is 0.207 e. The van der Waals surface area contributed by atoms with Crippen molar-refractivity contribution in [3.63, 3.8) is 0 Å². The minimum Gasteiger partial charge on any atom is -0.207 e. The van der Waals surface area contributed by atoms with Crippen LogP contribution in [0.4, 0.5) is 8.78 Å². The van der Waals surface area contributed by atoms with E-state index in [1.54, 1.807) is 12.1 Å². The fraction of sp³-hybridized carbons (Fsp3) is 0.200. The lowest BCUT2D eigenvalue weighted by Crippen LogP contribution is -2.01. The van der Waals surface area contributed by atoms with Crippen molar-refractivity contribution < 1.29 is 8.78 Å². The summed E-state index contributed by atoms with van der Waals surface area (Å²) < 4.78 is 26.4. The van der Waals surface area contributed by atoms with E-state index in [9.17, 15) is 8.78 Å². The third kappa shape index (κ3) is 3.46. The highest BCUT2D eigenvalue weighted by Gasteiger charge is 2.15. The van der Waals surface area contributed by atoms with Crippen molar-refractivity contribution in [3.8, 4) is 0 Å². The van der Waals surface area contributed by atoms with E-state index < -0.39 is 17.0 Å². The number of halogens is 4. The Hall–Kier alpha value is -1.12. The molecule has 0 fully saturated rings. The molecule has 1 unspecified atom stereocenters. The standard InChI is InChI=1S/C15H12Cl2F2/c1-9-2-4-11(16)7-13(9)14(17)6-10-3-5-12(18)8-15(10)19/h2-5,7-8,14H,6H2,1H3. The van der Waals surface area contributed by atoms with Crippen LogP contribution in [0.1, 0.15) is 22.1 Å². The maximum absolute atomic E-state index is 13.6. The summed E-state index contributed by atoms with van der Waals surface area (Å²) in [6.45, 7) is 1.92. The summed E-state index contributed by atoms with van der Waals surface area (Å²) in [6, 6.07) is 8.93. The molecule has 2 aromatic carbocycles. The van der Waals surface area contributed by atoms with Crippen LogP contribution in [0, 0.1) is 18.6 Å². The Morgan fingerprint density at radius 1 is 1.11 bits per heavy atom. The summed E-state index contributed by atoms with van der Waals surface area (Å²) in [5.41, 5.74) is 2.24. The Morgan fingerprint density at radius 2 is 1.84 bits per heavy atom. The predicted octanol–water partition coefficient (Wildman–Crippen LogP) is 5.45. The zero-order valence-electron chi connectivity index (χ0n) is 10.3. The van der Waals surface area contributed by atoms with E-state index in [4.69, 9.17) is 23.2 Å². The summed E-state index contributed by atoms with van der Waals surface area (Å²) in [5.74, 6) is -1.17. The van der Waals surface area contributed by atoms with Gasteiger partial charge in [0.1, 0.15) is 11.6 Å². The van der Waals surface area contributed by atoms with Gasteiger partial charge in [0.2, 0.25) is 0 Å². The Labute approximate surface area is 121 Å². The molecule has 100 valence electrons. The second kappa shape index (κ2) is 5.89. The molecule has 0 heterocycles. The van der Waals surface area contributed by atoms with Crippen LogP contribution in [0.2, 0.25) is 5.02 Å². The number of hydrogen-bond acceptors (Lipinski definition) is 0. The summed E-state index contributed by atoms with van der Waals surface area (Å²) in [5, 5.41) is 0.185. The quantitative estimate of drug-likeness (QED) is 0.661. The van der Waals surface area contributed by atoms with Crippen molar-refractivity contribution in [3.05, 3.63) is 69.7 Å². The molecule has 0 radical (unpaired) electrons. The van der Waals surface area contributed by atoms with E-state index >= 15 is 0 Å². The number of alkyl halides is 1. The molecule has 0 saturated carbocycles. The third-order valence-electron chi connectivity index (χ3n) is 2.99. The average molecular weight is 301 g/mol. The van der Waals surface area contributed by atoms with Crippen molar-refractivity contribution >= 4 is 23.2 Å². The Balaban J connectivity index is 2.25. The van der Waals surface area contributed by atoms with E-state index in [2.05, 4.69) is 0 Å². The fourth-order valence-corrected chi connectivity index (χ4v) is 2.52. The molecule has 0 aliphatic rings. The van der Waals surface area contributed by atoms with Crippen LogP contribution in [0.25, 0.3) is 0 Å². The lowest BCUT2D eigenvalue weighted by Gasteiger charge is -2.14. The minimum absolute atomic E-state index is 0.287. The Bertz CT molecular complexity index is 597. The molecule has 0 saturated heterocycles. The molecule has 19 heavy (non-hydrogen) atoms. The first-order chi connectivity index (χ1) is 8.97. The van der Waals surface area contributed by atoms with E-state index in [0.717, 1.165) is 17.2 Å². The fourth-order valence-electron chi connectivity index (χ4n) is 1.94. The van der Waals surface area contributed by atoms with E-state index in [-0.39, 0.29) is 6.42 Å². The van der Waals surface area contributed by atoms with Gasteiger partial charge in [-0.15, -0.1) is 11.6 Å². The molecule has 0 N–H and O–H groups in total. The summed E-state index contributed by atoms with van der Waals surface area (Å²) in [4.78, 5) is 0. The van der Waals surface area contributed by atoms with Crippen molar-refractivity contribution in [2.45, 2.75) is 18.7 Å². The second-order valence-electron chi connectivity index (χ2n) is 4.41. The Kier molecular flexibility index (Phi) is 4.43. The molecule has 1 atom stereocenters. The molecular formula is C15H12Cl2F2. The number of benzene rings is 2. The summed E-state index contributed by atoms with van der Waals surface area (Å²) in [6.07, 6.45) is 0.287. The zero-order valence-corrected chi connectivity index (χ0v) is 11.8.